The molecule has 0 aromatic heterocycles. The van der Waals surface area contributed by atoms with Gasteiger partial charge in [-0.15, -0.1) is 0 Å². The normalized spacial score (nSPS) is 20.5. The average Bonchev–Trinajstić information content (AvgIpc) is 2.60. The van der Waals surface area contributed by atoms with E-state index in [4.69, 9.17) is 16.3 Å². The molecule has 0 bridgehead atoms. The van der Waals surface area contributed by atoms with Crippen LogP contribution in [-0.2, 0) is 16.1 Å². The number of likely N-dealkylation sites (tertiary alicyclic amines) is 1. The van der Waals surface area contributed by atoms with E-state index in [9.17, 15) is 18.8 Å². The number of halogens is 2. The summed E-state index contributed by atoms with van der Waals surface area (Å²) in [6.45, 7) is 5.08. The van der Waals surface area contributed by atoms with Gasteiger partial charge in [-0.3, -0.25) is 14.4 Å². The van der Waals surface area contributed by atoms with Gasteiger partial charge in [0.05, 0.1) is 28.7 Å². The van der Waals surface area contributed by atoms with Crippen molar-refractivity contribution in [1.82, 2.24) is 9.80 Å². The number of nitrogens with zero attached hydrogens (tertiary/aromatic N) is 2. The van der Waals surface area contributed by atoms with E-state index in [1.165, 1.54) is 24.8 Å². The number of fused-ring (bicyclic) bond motifs is 1. The Balaban J connectivity index is 2.01. The van der Waals surface area contributed by atoms with Crippen LogP contribution >= 0.6 is 11.6 Å². The summed E-state index contributed by atoms with van der Waals surface area (Å²) in [7, 11) is 0. The molecule has 0 radical (unpaired) electrons. The lowest BCUT2D eigenvalue weighted by Crippen LogP contribution is -2.62. The maximum atomic E-state index is 14.6. The minimum absolute atomic E-state index is 0.0540. The van der Waals surface area contributed by atoms with E-state index in [0.717, 1.165) is 0 Å². The highest BCUT2D eigenvalue weighted by atomic mass is 35.5. The van der Waals surface area contributed by atoms with Crippen LogP contribution in [0.5, 0.6) is 5.75 Å². The number of carbonyl (C=O) groups is 3. The van der Waals surface area contributed by atoms with Crippen molar-refractivity contribution < 1.29 is 23.5 Å². The summed E-state index contributed by atoms with van der Waals surface area (Å²) in [4.78, 5) is 39.0. The van der Waals surface area contributed by atoms with Gasteiger partial charge in [0.1, 0.15) is 5.75 Å². The summed E-state index contributed by atoms with van der Waals surface area (Å²) < 4.78 is 20.2. The van der Waals surface area contributed by atoms with Gasteiger partial charge in [-0.2, -0.15) is 0 Å². The smallest absolute Gasteiger partial charge is 0.264 e. The predicted molar refractivity (Wildman–Crippen MR) is 88.1 cm³/mol. The van der Waals surface area contributed by atoms with Crippen molar-refractivity contribution in [2.45, 2.75) is 39.5 Å². The first-order chi connectivity index (χ1) is 11.7. The summed E-state index contributed by atoms with van der Waals surface area (Å²) in [6, 6.07) is 1.01. The van der Waals surface area contributed by atoms with Crippen molar-refractivity contribution in [1.29, 1.82) is 0 Å². The van der Waals surface area contributed by atoms with Crippen LogP contribution in [0.2, 0.25) is 5.02 Å². The molecule has 0 saturated carbocycles. The molecule has 3 rings (SSSR count). The van der Waals surface area contributed by atoms with Crippen LogP contribution in [0.3, 0.4) is 0 Å². The molecule has 134 valence electrons. The molecule has 25 heavy (non-hydrogen) atoms. The van der Waals surface area contributed by atoms with E-state index in [0.29, 0.717) is 13.1 Å². The van der Waals surface area contributed by atoms with Crippen molar-refractivity contribution in [3.8, 4) is 5.75 Å². The van der Waals surface area contributed by atoms with Gasteiger partial charge >= 0.3 is 0 Å². The lowest BCUT2D eigenvalue weighted by molar-refractivity contribution is -0.149. The number of ether oxygens (including phenoxy) is 1. The quantitative estimate of drug-likeness (QED) is 0.749. The van der Waals surface area contributed by atoms with Gasteiger partial charge in [0.2, 0.25) is 5.91 Å². The summed E-state index contributed by atoms with van der Waals surface area (Å²) >= 11 is 5.92. The molecule has 0 spiro atoms. The van der Waals surface area contributed by atoms with Crippen molar-refractivity contribution in [3.63, 3.8) is 0 Å². The second kappa shape index (κ2) is 6.29. The first-order valence-electron chi connectivity index (χ1n) is 7.95. The molecule has 1 aromatic carbocycles. The molecular formula is C17H18ClFN2O4. The molecule has 1 saturated heterocycles. The number of ketones is 1. The summed E-state index contributed by atoms with van der Waals surface area (Å²) in [5.74, 6) is -1.33. The van der Waals surface area contributed by atoms with Gasteiger partial charge in [-0.25, -0.2) is 4.39 Å². The van der Waals surface area contributed by atoms with E-state index in [1.807, 2.05) is 0 Å². The van der Waals surface area contributed by atoms with Gasteiger partial charge in [-0.05, 0) is 19.9 Å². The number of amides is 2. The minimum Gasteiger partial charge on any atom is -0.480 e. The molecule has 0 aliphatic carbocycles. The Labute approximate surface area is 149 Å². The largest absolute Gasteiger partial charge is 0.480 e. The Kier molecular flexibility index (Phi) is 4.45. The standard InChI is InChI=1S/C17H18ClFN2O4/c1-8(22)12-4-14(18)15(19)13-7-21(11-5-20(6-11)10(3)23)17(24)9(2)25-16(12)13/h4,9,11H,5-7H2,1-3H3. The fraction of sp³-hybridized carbons (Fsp3) is 0.471. The monoisotopic (exact) mass is 368 g/mol. The number of Topliss-reactive ketones (excluding diaryl/α,β-unsaturated/α-hetero) is 1. The topological polar surface area (TPSA) is 66.9 Å². The van der Waals surface area contributed by atoms with E-state index in [-0.39, 0.29) is 52.1 Å². The lowest BCUT2D eigenvalue weighted by Gasteiger charge is -2.44. The van der Waals surface area contributed by atoms with E-state index < -0.39 is 11.9 Å². The highest BCUT2D eigenvalue weighted by molar-refractivity contribution is 6.31. The Morgan fingerprint density at radius 3 is 2.52 bits per heavy atom. The fourth-order valence-electron chi connectivity index (χ4n) is 3.13. The van der Waals surface area contributed by atoms with Crippen molar-refractivity contribution >= 4 is 29.2 Å². The number of hydrogen-bond donors (Lipinski definition) is 0. The molecule has 1 atom stereocenters. The summed E-state index contributed by atoms with van der Waals surface area (Å²) in [5.41, 5.74) is 0.249. The second-order valence-electron chi connectivity index (χ2n) is 6.39. The van der Waals surface area contributed by atoms with Crippen LogP contribution in [0.25, 0.3) is 0 Å². The molecule has 8 heteroatoms. The van der Waals surface area contributed by atoms with Crippen LogP contribution in [0.1, 0.15) is 36.7 Å². The molecular weight excluding hydrogens is 351 g/mol. The molecule has 1 fully saturated rings. The number of benzene rings is 1. The van der Waals surface area contributed by atoms with Crippen LogP contribution in [0, 0.1) is 5.82 Å². The van der Waals surface area contributed by atoms with Crippen LogP contribution < -0.4 is 4.74 Å². The average molecular weight is 369 g/mol. The Bertz CT molecular complexity index is 776. The summed E-state index contributed by atoms with van der Waals surface area (Å²) in [5, 5.41) is -0.187. The zero-order valence-electron chi connectivity index (χ0n) is 14.1. The van der Waals surface area contributed by atoms with Gasteiger partial charge in [0.15, 0.2) is 17.7 Å². The first kappa shape index (κ1) is 17.7. The van der Waals surface area contributed by atoms with Gasteiger partial charge < -0.3 is 14.5 Å². The maximum absolute atomic E-state index is 14.6. The van der Waals surface area contributed by atoms with Crippen LogP contribution in [0.15, 0.2) is 6.07 Å². The Hall–Kier alpha value is -2.15. The SMILES string of the molecule is CC(=O)c1cc(Cl)c(F)c2c1OC(C)C(=O)N(C1CN(C(C)=O)C1)C2. The number of hydrogen-bond acceptors (Lipinski definition) is 4. The van der Waals surface area contributed by atoms with Crippen molar-refractivity contribution in [2.24, 2.45) is 0 Å². The molecule has 2 amide bonds. The van der Waals surface area contributed by atoms with Crippen molar-refractivity contribution in [3.05, 3.63) is 28.0 Å². The molecule has 0 N–H and O–H groups in total. The third-order valence-electron chi connectivity index (χ3n) is 4.65. The minimum atomic E-state index is -0.869. The van der Waals surface area contributed by atoms with E-state index >= 15 is 0 Å². The predicted octanol–water partition coefficient (Wildman–Crippen LogP) is 2.02. The highest BCUT2D eigenvalue weighted by Crippen LogP contribution is 2.37. The fourth-order valence-corrected chi connectivity index (χ4v) is 3.35. The van der Waals surface area contributed by atoms with Gasteiger partial charge in [0.25, 0.3) is 5.91 Å². The third kappa shape index (κ3) is 2.97. The molecule has 2 aliphatic rings. The summed E-state index contributed by atoms with van der Waals surface area (Å²) in [6.07, 6.45) is -0.869. The van der Waals surface area contributed by atoms with Crippen molar-refractivity contribution in [2.75, 3.05) is 13.1 Å². The first-order valence-corrected chi connectivity index (χ1v) is 8.33. The molecule has 2 heterocycles. The van der Waals surface area contributed by atoms with Gasteiger partial charge in [-0.1, -0.05) is 11.6 Å². The number of rotatable bonds is 2. The zero-order chi connectivity index (χ0) is 18.5. The lowest BCUT2D eigenvalue weighted by atomic mass is 10.0. The van der Waals surface area contributed by atoms with E-state index in [1.54, 1.807) is 11.8 Å². The number of carbonyl (C=O) groups excluding carboxylic acids is 3. The molecule has 1 unspecified atom stereocenters. The third-order valence-corrected chi connectivity index (χ3v) is 4.92. The zero-order valence-corrected chi connectivity index (χ0v) is 14.9. The Morgan fingerprint density at radius 1 is 1.32 bits per heavy atom. The maximum Gasteiger partial charge on any atom is 0.264 e. The second-order valence-corrected chi connectivity index (χ2v) is 6.80. The Morgan fingerprint density at radius 2 is 1.96 bits per heavy atom. The molecule has 6 nitrogen and oxygen atoms in total. The molecule has 2 aliphatic heterocycles. The van der Waals surface area contributed by atoms with E-state index in [2.05, 4.69) is 0 Å². The van der Waals surface area contributed by atoms with Crippen LogP contribution in [-0.4, -0.2) is 52.6 Å². The van der Waals surface area contributed by atoms with Crippen LogP contribution in [0.4, 0.5) is 4.39 Å². The highest BCUT2D eigenvalue weighted by Gasteiger charge is 2.41. The molecule has 1 aromatic rings. The van der Waals surface area contributed by atoms with Gasteiger partial charge in [0, 0.05) is 20.0 Å².